The second-order valence-electron chi connectivity index (χ2n) is 7.60. The summed E-state index contributed by atoms with van der Waals surface area (Å²) in [5.41, 5.74) is 2.53. The Morgan fingerprint density at radius 3 is 2.62 bits per heavy atom. The normalized spacial score (nSPS) is 15.4. The quantitative estimate of drug-likeness (QED) is 0.605. The summed E-state index contributed by atoms with van der Waals surface area (Å²) in [5.74, 6) is -0.954. The molecule has 0 radical (unpaired) electrons. The number of ether oxygens (including phenoxy) is 1. The number of aromatic nitrogens is 4. The molecule has 9 nitrogen and oxygen atoms in total. The van der Waals surface area contributed by atoms with Crippen molar-refractivity contribution < 1.29 is 18.3 Å². The van der Waals surface area contributed by atoms with Crippen LogP contribution in [0.3, 0.4) is 0 Å². The number of carbonyl (C=O) groups is 1. The molecule has 0 spiro atoms. The standard InChI is InChI=1S/C21H23F2N7O2/c1-11-17-19(29(3)12(2)20(31)27-17)28-21(26-11)24-7-14-8-25-30(10-14)9-13-5-15(22)18(32-4)16(23)6-13/h5-6,8,10,12H,7,9H2,1-4H3,(H,27,31)(H,24,26,28). The van der Waals surface area contributed by atoms with Crippen molar-refractivity contribution in [2.75, 3.05) is 29.7 Å². The number of benzene rings is 1. The number of hydrogen-bond acceptors (Lipinski definition) is 7. The lowest BCUT2D eigenvalue weighted by Gasteiger charge is -2.32. The van der Waals surface area contributed by atoms with Gasteiger partial charge in [-0.1, -0.05) is 0 Å². The predicted molar refractivity (Wildman–Crippen MR) is 115 cm³/mol. The first-order valence-corrected chi connectivity index (χ1v) is 9.96. The van der Waals surface area contributed by atoms with Gasteiger partial charge in [0, 0.05) is 25.4 Å². The lowest BCUT2D eigenvalue weighted by Crippen LogP contribution is -2.44. The van der Waals surface area contributed by atoms with Crippen molar-refractivity contribution in [1.29, 1.82) is 0 Å². The van der Waals surface area contributed by atoms with Crippen molar-refractivity contribution in [3.05, 3.63) is 53.0 Å². The third-order valence-electron chi connectivity index (χ3n) is 5.36. The molecule has 11 heteroatoms. The van der Waals surface area contributed by atoms with Crippen LogP contribution in [0.2, 0.25) is 0 Å². The highest BCUT2D eigenvalue weighted by atomic mass is 19.1. The Morgan fingerprint density at radius 2 is 1.94 bits per heavy atom. The van der Waals surface area contributed by atoms with Gasteiger partial charge in [0.15, 0.2) is 23.2 Å². The van der Waals surface area contributed by atoms with Gasteiger partial charge in [0.1, 0.15) is 11.7 Å². The molecular formula is C21H23F2N7O2. The molecule has 0 saturated carbocycles. The summed E-state index contributed by atoms with van der Waals surface area (Å²) < 4.78 is 34.1. The summed E-state index contributed by atoms with van der Waals surface area (Å²) in [7, 11) is 3.03. The maximum Gasteiger partial charge on any atom is 0.246 e. The summed E-state index contributed by atoms with van der Waals surface area (Å²) in [6, 6.07) is 2.11. The summed E-state index contributed by atoms with van der Waals surface area (Å²) >= 11 is 0. The molecule has 1 amide bonds. The molecule has 1 aliphatic rings. The van der Waals surface area contributed by atoms with Gasteiger partial charge in [0.2, 0.25) is 11.9 Å². The van der Waals surface area contributed by atoms with E-state index in [0.717, 1.165) is 5.56 Å². The molecule has 1 atom stereocenters. The van der Waals surface area contributed by atoms with Crippen LogP contribution in [0.15, 0.2) is 24.5 Å². The predicted octanol–water partition coefficient (Wildman–Crippen LogP) is 2.71. The van der Waals surface area contributed by atoms with Gasteiger partial charge in [-0.3, -0.25) is 9.48 Å². The topological polar surface area (TPSA) is 97.2 Å². The number of likely N-dealkylation sites (N-methyl/N-ethyl adjacent to an activating group) is 1. The molecule has 0 aliphatic carbocycles. The van der Waals surface area contributed by atoms with Crippen LogP contribution in [0.25, 0.3) is 0 Å². The van der Waals surface area contributed by atoms with Crippen LogP contribution in [-0.2, 0) is 17.9 Å². The molecule has 2 aromatic heterocycles. The molecule has 32 heavy (non-hydrogen) atoms. The number of anilines is 3. The number of halogens is 2. The van der Waals surface area contributed by atoms with Gasteiger partial charge in [0.25, 0.3) is 0 Å². The SMILES string of the molecule is COc1c(F)cc(Cn2cc(CNc3nc(C)c4c(n3)N(C)C(C)C(=O)N4)cn2)cc1F. The molecule has 1 unspecified atom stereocenters. The fourth-order valence-electron chi connectivity index (χ4n) is 3.48. The minimum atomic E-state index is -0.757. The zero-order valence-corrected chi connectivity index (χ0v) is 18.1. The number of amides is 1. The smallest absolute Gasteiger partial charge is 0.246 e. The number of hydrogen-bond donors (Lipinski definition) is 2. The average molecular weight is 443 g/mol. The highest BCUT2D eigenvalue weighted by Crippen LogP contribution is 2.32. The van der Waals surface area contributed by atoms with Gasteiger partial charge in [-0.25, -0.2) is 13.8 Å². The monoisotopic (exact) mass is 443 g/mol. The Bertz CT molecular complexity index is 1160. The maximum absolute atomic E-state index is 13.9. The van der Waals surface area contributed by atoms with Crippen molar-refractivity contribution in [2.24, 2.45) is 0 Å². The number of nitrogens with zero attached hydrogens (tertiary/aromatic N) is 5. The van der Waals surface area contributed by atoms with E-state index in [1.54, 1.807) is 35.8 Å². The zero-order valence-electron chi connectivity index (χ0n) is 18.1. The molecule has 168 valence electrons. The molecular weight excluding hydrogens is 420 g/mol. The van der Waals surface area contributed by atoms with Crippen molar-refractivity contribution in [3.63, 3.8) is 0 Å². The van der Waals surface area contributed by atoms with E-state index in [1.807, 2.05) is 7.05 Å². The third kappa shape index (κ3) is 4.05. The first-order chi connectivity index (χ1) is 15.3. The first-order valence-electron chi connectivity index (χ1n) is 9.96. The molecule has 0 bridgehead atoms. The lowest BCUT2D eigenvalue weighted by atomic mass is 10.2. The summed E-state index contributed by atoms with van der Waals surface area (Å²) in [5, 5.41) is 10.2. The van der Waals surface area contributed by atoms with Gasteiger partial charge in [0.05, 0.1) is 25.5 Å². The zero-order chi connectivity index (χ0) is 23.0. The fourth-order valence-corrected chi connectivity index (χ4v) is 3.48. The second kappa shape index (κ2) is 8.40. The van der Waals surface area contributed by atoms with Crippen molar-refractivity contribution in [1.82, 2.24) is 19.7 Å². The van der Waals surface area contributed by atoms with Gasteiger partial charge >= 0.3 is 0 Å². The fraction of sp³-hybridized carbons (Fsp3) is 0.333. The van der Waals surface area contributed by atoms with Crippen LogP contribution in [0, 0.1) is 18.6 Å². The summed E-state index contributed by atoms with van der Waals surface area (Å²) in [6.45, 7) is 4.21. The number of fused-ring (bicyclic) bond motifs is 1. The van der Waals surface area contributed by atoms with Crippen LogP contribution in [0.4, 0.5) is 26.2 Å². The van der Waals surface area contributed by atoms with Gasteiger partial charge in [-0.15, -0.1) is 0 Å². The van der Waals surface area contributed by atoms with Crippen LogP contribution >= 0.6 is 0 Å². The van der Waals surface area contributed by atoms with E-state index in [0.29, 0.717) is 35.3 Å². The van der Waals surface area contributed by atoms with Gasteiger partial charge in [-0.2, -0.15) is 10.1 Å². The molecule has 0 saturated heterocycles. The van der Waals surface area contributed by atoms with E-state index >= 15 is 0 Å². The van der Waals surface area contributed by atoms with E-state index in [9.17, 15) is 13.6 Å². The van der Waals surface area contributed by atoms with E-state index in [4.69, 9.17) is 4.74 Å². The summed E-state index contributed by atoms with van der Waals surface area (Å²) in [4.78, 5) is 22.8. The van der Waals surface area contributed by atoms with Crippen molar-refractivity contribution in [3.8, 4) is 5.75 Å². The van der Waals surface area contributed by atoms with Crippen molar-refractivity contribution in [2.45, 2.75) is 33.0 Å². The van der Waals surface area contributed by atoms with Crippen LogP contribution in [0.1, 0.15) is 23.7 Å². The number of rotatable bonds is 6. The number of nitrogens with one attached hydrogen (secondary N) is 2. The first kappa shape index (κ1) is 21.5. The largest absolute Gasteiger partial charge is 0.491 e. The van der Waals surface area contributed by atoms with E-state index in [2.05, 4.69) is 25.7 Å². The maximum atomic E-state index is 13.9. The number of carbonyl (C=O) groups excluding carboxylic acids is 1. The average Bonchev–Trinajstić information content (AvgIpc) is 3.18. The summed E-state index contributed by atoms with van der Waals surface area (Å²) in [6.07, 6.45) is 3.43. The van der Waals surface area contributed by atoms with Gasteiger partial charge in [-0.05, 0) is 31.5 Å². The Labute approximate surface area is 183 Å². The molecule has 3 heterocycles. The molecule has 1 aliphatic heterocycles. The Kier molecular flexibility index (Phi) is 5.64. The minimum absolute atomic E-state index is 0.101. The van der Waals surface area contributed by atoms with Crippen LogP contribution in [-0.4, -0.2) is 45.9 Å². The number of aryl methyl sites for hydroxylation is 1. The molecule has 0 fully saturated rings. The molecule has 2 N–H and O–H groups in total. The minimum Gasteiger partial charge on any atom is -0.491 e. The number of methoxy groups -OCH3 is 1. The Morgan fingerprint density at radius 1 is 1.22 bits per heavy atom. The highest BCUT2D eigenvalue weighted by Gasteiger charge is 2.30. The van der Waals surface area contributed by atoms with Crippen LogP contribution < -0.4 is 20.3 Å². The van der Waals surface area contributed by atoms with E-state index < -0.39 is 17.4 Å². The highest BCUT2D eigenvalue weighted by molar-refractivity contribution is 6.03. The van der Waals surface area contributed by atoms with Crippen LogP contribution in [0.5, 0.6) is 5.75 Å². The molecule has 4 rings (SSSR count). The lowest BCUT2D eigenvalue weighted by molar-refractivity contribution is -0.117. The molecule has 3 aromatic rings. The van der Waals surface area contributed by atoms with Crippen molar-refractivity contribution >= 4 is 23.4 Å². The van der Waals surface area contributed by atoms with Gasteiger partial charge < -0.3 is 20.3 Å². The van der Waals surface area contributed by atoms with E-state index in [1.165, 1.54) is 19.2 Å². The Hall–Kier alpha value is -3.76. The second-order valence-corrected chi connectivity index (χ2v) is 7.60. The Balaban J connectivity index is 1.45. The van der Waals surface area contributed by atoms with E-state index in [-0.39, 0.29) is 18.5 Å². The molecule has 1 aromatic carbocycles. The third-order valence-corrected chi connectivity index (χ3v) is 5.36.